The lowest BCUT2D eigenvalue weighted by Gasteiger charge is -2.25. The Morgan fingerprint density at radius 1 is 1.10 bits per heavy atom. The molecule has 0 bridgehead atoms. The molecule has 0 spiro atoms. The van der Waals surface area contributed by atoms with Crippen LogP contribution >= 0.6 is 0 Å². The van der Waals surface area contributed by atoms with Crippen LogP contribution in [0.1, 0.15) is 39.6 Å². The predicted molar refractivity (Wildman–Crippen MR) is 103 cm³/mol. The average Bonchev–Trinajstić information content (AvgIpc) is 2.66. The maximum atomic E-state index is 15.0. The summed E-state index contributed by atoms with van der Waals surface area (Å²) in [6, 6.07) is 7.41. The van der Waals surface area contributed by atoms with Gasteiger partial charge in [-0.05, 0) is 31.5 Å². The van der Waals surface area contributed by atoms with Gasteiger partial charge in [-0.1, -0.05) is 6.07 Å². The fourth-order valence-corrected chi connectivity index (χ4v) is 3.81. The van der Waals surface area contributed by atoms with Gasteiger partial charge in [0, 0.05) is 29.5 Å². The molecule has 1 unspecified atom stereocenters. The Morgan fingerprint density at radius 2 is 1.83 bits per heavy atom. The van der Waals surface area contributed by atoms with Crippen molar-refractivity contribution >= 4 is 11.7 Å². The predicted octanol–water partition coefficient (Wildman–Crippen LogP) is 3.63. The highest BCUT2D eigenvalue weighted by Crippen LogP contribution is 2.37. The first-order chi connectivity index (χ1) is 13.9. The van der Waals surface area contributed by atoms with Gasteiger partial charge in [-0.25, -0.2) is 23.7 Å². The lowest BCUT2D eigenvalue weighted by atomic mass is 9.80. The SMILES string of the molecule is COc1cccc(-c2cc(F)c(C3CC(=O)c4c(C)nc(N)nc4C3)c(F)c2)n1. The highest BCUT2D eigenvalue weighted by molar-refractivity contribution is 5.99. The number of nitrogens with two attached hydrogens (primary N) is 1. The van der Waals surface area contributed by atoms with Crippen LogP contribution in [0.5, 0.6) is 5.88 Å². The molecule has 2 heterocycles. The zero-order chi connectivity index (χ0) is 20.7. The number of fused-ring (bicyclic) bond motifs is 1. The number of halogens is 2. The van der Waals surface area contributed by atoms with E-state index in [0.717, 1.165) is 0 Å². The quantitative estimate of drug-likeness (QED) is 0.727. The van der Waals surface area contributed by atoms with Crippen molar-refractivity contribution in [2.45, 2.75) is 25.7 Å². The number of carbonyl (C=O) groups excluding carboxylic acids is 1. The number of carbonyl (C=O) groups is 1. The topological polar surface area (TPSA) is 91.0 Å². The molecule has 4 rings (SSSR count). The van der Waals surface area contributed by atoms with Crippen LogP contribution in [0, 0.1) is 18.6 Å². The summed E-state index contributed by atoms with van der Waals surface area (Å²) in [5.74, 6) is -2.00. The van der Waals surface area contributed by atoms with Crippen LogP contribution in [0.2, 0.25) is 0 Å². The molecule has 1 aromatic carbocycles. The number of ether oxygens (including phenoxy) is 1. The van der Waals surface area contributed by atoms with Crippen LogP contribution in [0.4, 0.5) is 14.7 Å². The summed E-state index contributed by atoms with van der Waals surface area (Å²) in [6.45, 7) is 1.67. The maximum absolute atomic E-state index is 15.0. The third-order valence-corrected chi connectivity index (χ3v) is 5.05. The van der Waals surface area contributed by atoms with E-state index in [-0.39, 0.29) is 35.7 Å². The zero-order valence-corrected chi connectivity index (χ0v) is 15.9. The van der Waals surface area contributed by atoms with E-state index in [2.05, 4.69) is 15.0 Å². The summed E-state index contributed by atoms with van der Waals surface area (Å²) in [5, 5.41) is 0. The average molecular weight is 396 g/mol. The normalized spacial score (nSPS) is 15.9. The number of aryl methyl sites for hydroxylation is 1. The molecule has 6 nitrogen and oxygen atoms in total. The molecule has 8 heteroatoms. The first kappa shape index (κ1) is 18.9. The Morgan fingerprint density at radius 3 is 2.52 bits per heavy atom. The number of hydrogen-bond donors (Lipinski definition) is 1. The molecule has 148 valence electrons. The molecule has 0 aliphatic heterocycles. The third kappa shape index (κ3) is 3.41. The van der Waals surface area contributed by atoms with E-state index in [0.29, 0.717) is 28.5 Å². The molecule has 1 atom stereocenters. The summed E-state index contributed by atoms with van der Waals surface area (Å²) in [5.41, 5.74) is 7.52. The monoisotopic (exact) mass is 396 g/mol. The Balaban J connectivity index is 1.73. The molecule has 2 N–H and O–H groups in total. The molecule has 0 radical (unpaired) electrons. The second kappa shape index (κ2) is 7.20. The Bertz CT molecular complexity index is 1110. The second-order valence-electron chi connectivity index (χ2n) is 6.94. The number of ketones is 1. The number of anilines is 1. The number of pyridine rings is 1. The molecule has 0 saturated carbocycles. The van der Waals surface area contributed by atoms with E-state index in [1.165, 1.54) is 19.2 Å². The van der Waals surface area contributed by atoms with Gasteiger partial charge in [-0.3, -0.25) is 4.79 Å². The molecular formula is C21H18F2N4O2. The molecule has 1 aliphatic carbocycles. The Hall–Kier alpha value is -3.42. The molecule has 0 amide bonds. The smallest absolute Gasteiger partial charge is 0.220 e. The Kier molecular flexibility index (Phi) is 4.70. The first-order valence-corrected chi connectivity index (χ1v) is 9.04. The number of hydrogen-bond acceptors (Lipinski definition) is 6. The molecule has 29 heavy (non-hydrogen) atoms. The van der Waals surface area contributed by atoms with Crippen LogP contribution in [0.3, 0.4) is 0 Å². The minimum atomic E-state index is -0.732. The number of aromatic nitrogens is 3. The van der Waals surface area contributed by atoms with Gasteiger partial charge in [0.05, 0.1) is 29.8 Å². The number of benzene rings is 1. The van der Waals surface area contributed by atoms with Gasteiger partial charge in [0.2, 0.25) is 11.8 Å². The highest BCUT2D eigenvalue weighted by atomic mass is 19.1. The third-order valence-electron chi connectivity index (χ3n) is 5.05. The van der Waals surface area contributed by atoms with Gasteiger partial charge in [0.25, 0.3) is 0 Å². The van der Waals surface area contributed by atoms with Gasteiger partial charge in [-0.2, -0.15) is 0 Å². The number of methoxy groups -OCH3 is 1. The lowest BCUT2D eigenvalue weighted by Crippen LogP contribution is -2.24. The van der Waals surface area contributed by atoms with Gasteiger partial charge < -0.3 is 10.5 Å². The fraction of sp³-hybridized carbons (Fsp3) is 0.238. The standard InChI is InChI=1S/C21H18F2N4O2/c1-10-19-16(27-21(24)25-10)8-12(9-17(19)28)20-13(22)6-11(7-14(20)23)15-4-3-5-18(26-15)29-2/h3-7,12H,8-9H2,1-2H3,(H2,24,25,27). The zero-order valence-electron chi connectivity index (χ0n) is 15.9. The number of Topliss-reactive ketones (excluding diaryl/α,β-unsaturated/α-hetero) is 1. The van der Waals surface area contributed by atoms with Crippen molar-refractivity contribution in [3.8, 4) is 17.1 Å². The van der Waals surface area contributed by atoms with Crippen LogP contribution in [0.15, 0.2) is 30.3 Å². The van der Waals surface area contributed by atoms with E-state index >= 15 is 0 Å². The molecule has 2 aromatic heterocycles. The van der Waals surface area contributed by atoms with Gasteiger partial charge in [0.1, 0.15) is 11.6 Å². The van der Waals surface area contributed by atoms with Gasteiger partial charge in [0.15, 0.2) is 5.78 Å². The van der Waals surface area contributed by atoms with Crippen molar-refractivity contribution in [3.63, 3.8) is 0 Å². The Labute approximate surface area is 165 Å². The second-order valence-corrected chi connectivity index (χ2v) is 6.94. The van der Waals surface area contributed by atoms with Crippen molar-refractivity contribution in [1.82, 2.24) is 15.0 Å². The first-order valence-electron chi connectivity index (χ1n) is 9.04. The molecular weight excluding hydrogens is 378 g/mol. The van der Waals surface area contributed by atoms with Gasteiger partial charge in [-0.15, -0.1) is 0 Å². The number of nitrogens with zero attached hydrogens (tertiary/aromatic N) is 3. The van der Waals surface area contributed by atoms with Crippen molar-refractivity contribution in [2.75, 3.05) is 12.8 Å². The van der Waals surface area contributed by atoms with E-state index in [1.807, 2.05) is 0 Å². The van der Waals surface area contributed by atoms with Crippen molar-refractivity contribution in [1.29, 1.82) is 0 Å². The van der Waals surface area contributed by atoms with Crippen molar-refractivity contribution in [3.05, 3.63) is 64.5 Å². The van der Waals surface area contributed by atoms with Gasteiger partial charge >= 0.3 is 0 Å². The van der Waals surface area contributed by atoms with Crippen molar-refractivity contribution < 1.29 is 18.3 Å². The summed E-state index contributed by atoms with van der Waals surface area (Å²) in [6.07, 6.45) is 0.185. The highest BCUT2D eigenvalue weighted by Gasteiger charge is 2.33. The minimum absolute atomic E-state index is 0.0221. The van der Waals surface area contributed by atoms with E-state index in [1.54, 1.807) is 25.1 Å². The van der Waals surface area contributed by atoms with Crippen LogP contribution in [-0.2, 0) is 6.42 Å². The summed E-state index contributed by atoms with van der Waals surface area (Å²) in [7, 11) is 1.46. The summed E-state index contributed by atoms with van der Waals surface area (Å²) < 4.78 is 35.0. The number of rotatable bonds is 3. The molecule has 3 aromatic rings. The van der Waals surface area contributed by atoms with Crippen LogP contribution in [-0.4, -0.2) is 27.8 Å². The fourth-order valence-electron chi connectivity index (χ4n) is 3.81. The van der Waals surface area contributed by atoms with Crippen LogP contribution < -0.4 is 10.5 Å². The van der Waals surface area contributed by atoms with E-state index in [4.69, 9.17) is 10.5 Å². The van der Waals surface area contributed by atoms with E-state index < -0.39 is 17.6 Å². The maximum Gasteiger partial charge on any atom is 0.220 e. The molecule has 1 aliphatic rings. The minimum Gasteiger partial charge on any atom is -0.481 e. The number of nitrogen functional groups attached to an aromatic ring is 1. The lowest BCUT2D eigenvalue weighted by molar-refractivity contribution is 0.0961. The summed E-state index contributed by atoms with van der Waals surface area (Å²) in [4.78, 5) is 24.9. The van der Waals surface area contributed by atoms with Crippen LogP contribution in [0.25, 0.3) is 11.3 Å². The summed E-state index contributed by atoms with van der Waals surface area (Å²) >= 11 is 0. The van der Waals surface area contributed by atoms with E-state index in [9.17, 15) is 13.6 Å². The largest absolute Gasteiger partial charge is 0.481 e. The van der Waals surface area contributed by atoms with Crippen molar-refractivity contribution in [2.24, 2.45) is 0 Å². The molecule has 0 fully saturated rings. The molecule has 0 saturated heterocycles.